The third-order valence-electron chi connectivity index (χ3n) is 2.99. The first kappa shape index (κ1) is 15.9. The van der Waals surface area contributed by atoms with Gasteiger partial charge in [-0.3, -0.25) is 0 Å². The summed E-state index contributed by atoms with van der Waals surface area (Å²) in [5.41, 5.74) is 7.18. The van der Waals surface area contributed by atoms with Gasteiger partial charge in [0.15, 0.2) is 0 Å². The normalized spacial score (nSPS) is 10.7. The maximum Gasteiger partial charge on any atom is 0.337 e. The molecule has 2 N–H and O–H groups in total. The zero-order chi connectivity index (χ0) is 14.3. The van der Waals surface area contributed by atoms with Crippen molar-refractivity contribution in [3.05, 3.63) is 23.8 Å². The highest BCUT2D eigenvalue weighted by molar-refractivity contribution is 7.99. The van der Waals surface area contributed by atoms with Crippen LogP contribution in [0.4, 0.5) is 5.69 Å². The van der Waals surface area contributed by atoms with Crippen molar-refractivity contribution in [1.29, 1.82) is 0 Å². The highest BCUT2D eigenvalue weighted by Gasteiger charge is 2.09. The van der Waals surface area contributed by atoms with E-state index in [4.69, 9.17) is 10.5 Å². The van der Waals surface area contributed by atoms with Gasteiger partial charge in [-0.2, -0.15) is 0 Å². The Labute approximate surface area is 119 Å². The molecule has 0 aromatic heterocycles. The van der Waals surface area contributed by atoms with Crippen molar-refractivity contribution >= 4 is 23.4 Å². The van der Waals surface area contributed by atoms with Gasteiger partial charge in [0.05, 0.1) is 12.7 Å². The molecule has 0 aliphatic rings. The average Bonchev–Trinajstić information content (AvgIpc) is 2.44. The molecule has 0 fully saturated rings. The fourth-order valence-corrected chi connectivity index (χ4v) is 2.74. The molecular formula is C14H22N2O2S. The summed E-state index contributed by atoms with van der Waals surface area (Å²) in [5.74, 6) is 0.627. The molecule has 0 spiro atoms. The molecule has 0 bridgehead atoms. The number of nitrogens with zero attached hydrogens (tertiary/aromatic N) is 1. The minimum Gasteiger partial charge on any atom is -0.465 e. The summed E-state index contributed by atoms with van der Waals surface area (Å²) in [6, 6.07) is 5.25. The molecule has 0 aliphatic carbocycles. The number of hydrogen-bond acceptors (Lipinski definition) is 5. The molecule has 0 amide bonds. The van der Waals surface area contributed by atoms with Crippen LogP contribution in [0.5, 0.6) is 0 Å². The number of methoxy groups -OCH3 is 1. The number of rotatable bonds is 7. The molecule has 1 rings (SSSR count). The zero-order valence-electron chi connectivity index (χ0n) is 11.8. The van der Waals surface area contributed by atoms with Crippen LogP contribution in [-0.2, 0) is 4.74 Å². The number of carbonyl (C=O) groups excluding carboxylic acids is 1. The zero-order valence-corrected chi connectivity index (χ0v) is 12.6. The summed E-state index contributed by atoms with van der Waals surface area (Å²) < 4.78 is 4.71. The molecule has 1 aromatic carbocycles. The van der Waals surface area contributed by atoms with E-state index in [1.165, 1.54) is 7.11 Å². The smallest absolute Gasteiger partial charge is 0.337 e. The number of hydrogen-bond donors (Lipinski definition) is 1. The predicted molar refractivity (Wildman–Crippen MR) is 80.7 cm³/mol. The average molecular weight is 282 g/mol. The second-order valence-electron chi connectivity index (χ2n) is 4.12. The molecule has 0 atom stereocenters. The Morgan fingerprint density at radius 3 is 2.63 bits per heavy atom. The number of thioether (sulfide) groups is 1. The first-order valence-corrected chi connectivity index (χ1v) is 7.43. The lowest BCUT2D eigenvalue weighted by Crippen LogP contribution is -2.25. The van der Waals surface area contributed by atoms with Crippen molar-refractivity contribution in [1.82, 2.24) is 4.90 Å². The van der Waals surface area contributed by atoms with E-state index < -0.39 is 0 Å². The van der Waals surface area contributed by atoms with Crippen molar-refractivity contribution in [2.75, 3.05) is 38.2 Å². The Balaban J connectivity index is 2.64. The largest absolute Gasteiger partial charge is 0.465 e. The highest BCUT2D eigenvalue weighted by Crippen LogP contribution is 2.26. The number of nitrogen functional groups attached to an aromatic ring is 1. The van der Waals surface area contributed by atoms with Gasteiger partial charge in [0.2, 0.25) is 0 Å². The summed E-state index contributed by atoms with van der Waals surface area (Å²) in [7, 11) is 1.38. The van der Waals surface area contributed by atoms with E-state index in [9.17, 15) is 4.79 Å². The van der Waals surface area contributed by atoms with E-state index in [2.05, 4.69) is 18.7 Å². The number of nitrogens with two attached hydrogens (primary N) is 1. The van der Waals surface area contributed by atoms with Crippen molar-refractivity contribution in [3.63, 3.8) is 0 Å². The van der Waals surface area contributed by atoms with Gasteiger partial charge >= 0.3 is 5.97 Å². The van der Waals surface area contributed by atoms with Gasteiger partial charge in [-0.1, -0.05) is 13.8 Å². The van der Waals surface area contributed by atoms with E-state index >= 15 is 0 Å². The van der Waals surface area contributed by atoms with Crippen LogP contribution < -0.4 is 5.73 Å². The second-order valence-corrected chi connectivity index (χ2v) is 5.26. The van der Waals surface area contributed by atoms with Crippen LogP contribution in [0.25, 0.3) is 0 Å². The maximum absolute atomic E-state index is 11.5. The molecule has 0 radical (unpaired) electrons. The highest BCUT2D eigenvalue weighted by atomic mass is 32.2. The number of benzene rings is 1. The van der Waals surface area contributed by atoms with Crippen molar-refractivity contribution in [3.8, 4) is 0 Å². The summed E-state index contributed by atoms with van der Waals surface area (Å²) >= 11 is 1.67. The van der Waals surface area contributed by atoms with E-state index in [-0.39, 0.29) is 5.97 Å². The van der Waals surface area contributed by atoms with Gasteiger partial charge in [0, 0.05) is 22.9 Å². The molecule has 1 aromatic rings. The van der Waals surface area contributed by atoms with Gasteiger partial charge in [-0.15, -0.1) is 11.8 Å². The topological polar surface area (TPSA) is 55.6 Å². The summed E-state index contributed by atoms with van der Waals surface area (Å²) in [6.45, 7) is 7.42. The van der Waals surface area contributed by atoms with Crippen LogP contribution in [0.3, 0.4) is 0 Å². The molecule has 0 unspecified atom stereocenters. The minimum absolute atomic E-state index is 0.328. The fraction of sp³-hybridized carbons (Fsp3) is 0.500. The van der Waals surface area contributed by atoms with Crippen LogP contribution in [-0.4, -0.2) is 43.4 Å². The first-order valence-electron chi connectivity index (χ1n) is 6.45. The third kappa shape index (κ3) is 4.76. The Bertz CT molecular complexity index is 420. The summed E-state index contributed by atoms with van der Waals surface area (Å²) in [5, 5.41) is 0. The third-order valence-corrected chi connectivity index (χ3v) is 4.05. The van der Waals surface area contributed by atoms with E-state index in [1.54, 1.807) is 30.0 Å². The molecule has 0 heterocycles. The summed E-state index contributed by atoms with van der Waals surface area (Å²) in [6.07, 6.45) is 0. The van der Waals surface area contributed by atoms with Gasteiger partial charge in [0.25, 0.3) is 0 Å². The molecule has 0 saturated heterocycles. The van der Waals surface area contributed by atoms with Crippen molar-refractivity contribution < 1.29 is 9.53 Å². The minimum atomic E-state index is -0.328. The predicted octanol–water partition coefficient (Wildman–Crippen LogP) is 2.49. The standard InChI is InChI=1S/C14H22N2O2S/c1-4-16(5-2)8-9-19-13-10-11(14(17)18-3)6-7-12(13)15/h6-7,10H,4-5,8-9,15H2,1-3H3. The van der Waals surface area contributed by atoms with Crippen LogP contribution >= 0.6 is 11.8 Å². The molecule has 19 heavy (non-hydrogen) atoms. The van der Waals surface area contributed by atoms with E-state index in [0.29, 0.717) is 11.3 Å². The molecule has 106 valence electrons. The lowest BCUT2D eigenvalue weighted by Gasteiger charge is -2.17. The van der Waals surface area contributed by atoms with Crippen molar-refractivity contribution in [2.24, 2.45) is 0 Å². The Morgan fingerprint density at radius 2 is 2.05 bits per heavy atom. The lowest BCUT2D eigenvalue weighted by molar-refractivity contribution is 0.0600. The molecule has 0 saturated carbocycles. The quantitative estimate of drug-likeness (QED) is 0.473. The van der Waals surface area contributed by atoms with E-state index in [0.717, 1.165) is 30.3 Å². The van der Waals surface area contributed by atoms with Crippen LogP contribution in [0, 0.1) is 0 Å². The number of anilines is 1. The fourth-order valence-electron chi connectivity index (χ4n) is 1.73. The molecule has 5 heteroatoms. The lowest BCUT2D eigenvalue weighted by atomic mass is 10.2. The van der Waals surface area contributed by atoms with Crippen LogP contribution in [0.1, 0.15) is 24.2 Å². The SMILES string of the molecule is CCN(CC)CCSc1cc(C(=O)OC)ccc1N. The Kier molecular flexibility index (Phi) is 6.73. The summed E-state index contributed by atoms with van der Waals surface area (Å²) in [4.78, 5) is 14.8. The molecule has 0 aliphatic heterocycles. The van der Waals surface area contributed by atoms with Gasteiger partial charge in [-0.05, 0) is 31.3 Å². The second kappa shape index (κ2) is 8.07. The van der Waals surface area contributed by atoms with Gasteiger partial charge in [-0.25, -0.2) is 4.79 Å². The monoisotopic (exact) mass is 282 g/mol. The van der Waals surface area contributed by atoms with Gasteiger partial charge < -0.3 is 15.4 Å². The van der Waals surface area contributed by atoms with E-state index in [1.807, 2.05) is 0 Å². The number of esters is 1. The molecular weight excluding hydrogens is 260 g/mol. The number of carbonyl (C=O) groups is 1. The van der Waals surface area contributed by atoms with Gasteiger partial charge in [0.1, 0.15) is 0 Å². The Hall–Kier alpha value is -1.20. The first-order chi connectivity index (χ1) is 9.12. The maximum atomic E-state index is 11.5. The van der Waals surface area contributed by atoms with Crippen LogP contribution in [0.2, 0.25) is 0 Å². The van der Waals surface area contributed by atoms with Crippen molar-refractivity contribution in [2.45, 2.75) is 18.7 Å². The Morgan fingerprint density at radius 1 is 1.37 bits per heavy atom. The molecule has 4 nitrogen and oxygen atoms in total. The van der Waals surface area contributed by atoms with Crippen LogP contribution in [0.15, 0.2) is 23.1 Å². The number of ether oxygens (including phenoxy) is 1.